The first-order chi connectivity index (χ1) is 12.8. The zero-order chi connectivity index (χ0) is 19.4. The van der Waals surface area contributed by atoms with Crippen LogP contribution in [-0.4, -0.2) is 46.5 Å². The van der Waals surface area contributed by atoms with Crippen LogP contribution in [0.25, 0.3) is 11.0 Å². The topological polar surface area (TPSA) is 84.4 Å². The summed E-state index contributed by atoms with van der Waals surface area (Å²) in [7, 11) is 1.41. The number of fused-ring (bicyclic) bond motifs is 2. The summed E-state index contributed by atoms with van der Waals surface area (Å²) in [4.78, 5) is 41.9. The van der Waals surface area contributed by atoms with Gasteiger partial charge in [-0.1, -0.05) is 26.0 Å². The van der Waals surface area contributed by atoms with Gasteiger partial charge in [0, 0.05) is 26.1 Å². The van der Waals surface area contributed by atoms with E-state index in [4.69, 9.17) is 4.74 Å². The standard InChI is InChI=1S/C20H25N3O4/c1-19(2)11-20(17(25)27-3)12-22(10-15(19)20)16(24)8-9-23-14-7-5-4-6-13(14)21-18(23)26/h4-7,15H,8-12H2,1-3H3,(H,21,26)/t15-,20+/m1/s1. The number of ether oxygens (including phenoxy) is 1. The number of carbonyl (C=O) groups excluding carboxylic acids is 2. The Morgan fingerprint density at radius 1 is 1.30 bits per heavy atom. The number of likely N-dealkylation sites (tertiary alicyclic amines) is 1. The van der Waals surface area contributed by atoms with Crippen LogP contribution in [0.15, 0.2) is 29.1 Å². The fourth-order valence-electron chi connectivity index (χ4n) is 5.26. The molecule has 2 atom stereocenters. The first-order valence-electron chi connectivity index (χ1n) is 9.32. The van der Waals surface area contributed by atoms with Crippen molar-refractivity contribution in [3.05, 3.63) is 34.7 Å². The second kappa shape index (κ2) is 5.97. The number of rotatable bonds is 4. The van der Waals surface area contributed by atoms with Crippen molar-refractivity contribution in [3.63, 3.8) is 0 Å². The Labute approximate surface area is 157 Å². The Morgan fingerprint density at radius 3 is 2.74 bits per heavy atom. The van der Waals surface area contributed by atoms with Gasteiger partial charge in [0.25, 0.3) is 0 Å². The highest BCUT2D eigenvalue weighted by Gasteiger charge is 2.67. The molecule has 1 saturated heterocycles. The third-order valence-electron chi connectivity index (χ3n) is 6.43. The molecule has 0 radical (unpaired) electrons. The highest BCUT2D eigenvalue weighted by atomic mass is 16.5. The second-order valence-electron chi connectivity index (χ2n) is 8.49. The van der Waals surface area contributed by atoms with Gasteiger partial charge in [0.2, 0.25) is 5.91 Å². The summed E-state index contributed by atoms with van der Waals surface area (Å²) in [6.45, 7) is 5.58. The van der Waals surface area contributed by atoms with Crippen LogP contribution in [0.2, 0.25) is 0 Å². The van der Waals surface area contributed by atoms with Crippen LogP contribution in [0.4, 0.5) is 0 Å². The molecule has 1 N–H and O–H groups in total. The van der Waals surface area contributed by atoms with E-state index >= 15 is 0 Å². The number of esters is 1. The van der Waals surface area contributed by atoms with Crippen LogP contribution >= 0.6 is 0 Å². The van der Waals surface area contributed by atoms with E-state index in [-0.39, 0.29) is 35.3 Å². The van der Waals surface area contributed by atoms with Gasteiger partial charge >= 0.3 is 11.7 Å². The van der Waals surface area contributed by atoms with Crippen molar-refractivity contribution in [2.45, 2.75) is 33.2 Å². The predicted octanol–water partition coefficient (Wildman–Crippen LogP) is 1.77. The van der Waals surface area contributed by atoms with Gasteiger partial charge in [0.15, 0.2) is 0 Å². The van der Waals surface area contributed by atoms with E-state index in [9.17, 15) is 14.4 Å². The zero-order valence-corrected chi connectivity index (χ0v) is 15.9. The Balaban J connectivity index is 1.49. The van der Waals surface area contributed by atoms with Crippen molar-refractivity contribution in [2.24, 2.45) is 16.7 Å². The largest absolute Gasteiger partial charge is 0.469 e. The van der Waals surface area contributed by atoms with Gasteiger partial charge < -0.3 is 14.6 Å². The Morgan fingerprint density at radius 2 is 2.04 bits per heavy atom. The van der Waals surface area contributed by atoms with Crippen molar-refractivity contribution >= 4 is 22.9 Å². The number of methoxy groups -OCH3 is 1. The maximum Gasteiger partial charge on any atom is 0.326 e. The summed E-state index contributed by atoms with van der Waals surface area (Å²) >= 11 is 0. The molecule has 0 unspecified atom stereocenters. The SMILES string of the molecule is COC(=O)[C@@]12CN(C(=O)CCn3c(=O)[nH]c4ccccc43)C[C@@H]1C(C)(C)C2. The average Bonchev–Trinajstić information content (AvgIpc) is 3.14. The van der Waals surface area contributed by atoms with Crippen molar-refractivity contribution in [2.75, 3.05) is 20.2 Å². The fourth-order valence-corrected chi connectivity index (χ4v) is 5.26. The third-order valence-corrected chi connectivity index (χ3v) is 6.43. The summed E-state index contributed by atoms with van der Waals surface area (Å²) in [6.07, 6.45) is 0.967. The minimum Gasteiger partial charge on any atom is -0.469 e. The van der Waals surface area contributed by atoms with Gasteiger partial charge in [-0.05, 0) is 29.9 Å². The van der Waals surface area contributed by atoms with Crippen molar-refractivity contribution in [1.82, 2.24) is 14.5 Å². The van der Waals surface area contributed by atoms with E-state index in [0.717, 1.165) is 17.5 Å². The van der Waals surface area contributed by atoms with E-state index in [1.807, 2.05) is 24.3 Å². The molecule has 0 bridgehead atoms. The number of hydrogen-bond donors (Lipinski definition) is 1. The lowest BCUT2D eigenvalue weighted by Crippen LogP contribution is -2.57. The zero-order valence-electron chi connectivity index (χ0n) is 15.9. The van der Waals surface area contributed by atoms with Crippen LogP contribution in [0.5, 0.6) is 0 Å². The van der Waals surface area contributed by atoms with E-state index in [0.29, 0.717) is 19.6 Å². The molecule has 7 nitrogen and oxygen atoms in total. The number of benzene rings is 1. The molecular weight excluding hydrogens is 346 g/mol. The number of aryl methyl sites for hydroxylation is 1. The highest BCUT2D eigenvalue weighted by Crippen LogP contribution is 2.63. The van der Waals surface area contributed by atoms with Crippen molar-refractivity contribution in [3.8, 4) is 0 Å². The van der Waals surface area contributed by atoms with E-state index < -0.39 is 5.41 Å². The Hall–Kier alpha value is -2.57. The molecule has 1 aliphatic heterocycles. The molecule has 27 heavy (non-hydrogen) atoms. The number of aromatic amines is 1. The number of H-pyrrole nitrogens is 1. The Kier molecular flexibility index (Phi) is 3.94. The molecule has 2 fully saturated rings. The number of nitrogens with one attached hydrogen (secondary N) is 1. The van der Waals surface area contributed by atoms with Gasteiger partial charge in [-0.25, -0.2) is 4.79 Å². The molecule has 2 aromatic rings. The lowest BCUT2D eigenvalue weighted by atomic mass is 9.48. The number of para-hydroxylation sites is 2. The lowest BCUT2D eigenvalue weighted by molar-refractivity contribution is -0.174. The molecule has 2 aliphatic rings. The third kappa shape index (κ3) is 2.59. The summed E-state index contributed by atoms with van der Waals surface area (Å²) in [5.74, 6) is -0.118. The molecule has 1 aromatic carbocycles. The average molecular weight is 371 g/mol. The number of aromatic nitrogens is 2. The van der Waals surface area contributed by atoms with E-state index in [2.05, 4.69) is 18.8 Å². The first kappa shape index (κ1) is 17.8. The van der Waals surface area contributed by atoms with Gasteiger partial charge in [0.05, 0.1) is 23.6 Å². The van der Waals surface area contributed by atoms with E-state index in [1.54, 1.807) is 9.47 Å². The van der Waals surface area contributed by atoms with Gasteiger partial charge in [0.1, 0.15) is 0 Å². The van der Waals surface area contributed by atoms with E-state index in [1.165, 1.54) is 7.11 Å². The quantitative estimate of drug-likeness (QED) is 0.830. The number of carbonyl (C=O) groups is 2. The van der Waals surface area contributed by atoms with Gasteiger partial charge in [-0.2, -0.15) is 0 Å². The lowest BCUT2D eigenvalue weighted by Gasteiger charge is -2.54. The number of hydrogen-bond acceptors (Lipinski definition) is 4. The molecule has 4 rings (SSSR count). The summed E-state index contributed by atoms with van der Waals surface area (Å²) < 4.78 is 6.63. The molecule has 1 aliphatic carbocycles. The normalized spacial score (nSPS) is 25.9. The summed E-state index contributed by atoms with van der Waals surface area (Å²) in [6, 6.07) is 7.44. The van der Waals surface area contributed by atoms with Crippen LogP contribution in [-0.2, 0) is 20.9 Å². The molecule has 7 heteroatoms. The number of imidazole rings is 1. The molecule has 0 spiro atoms. The maximum atomic E-state index is 12.8. The maximum absolute atomic E-state index is 12.8. The summed E-state index contributed by atoms with van der Waals surface area (Å²) in [5.41, 5.74) is 0.810. The molecule has 1 amide bonds. The monoisotopic (exact) mass is 371 g/mol. The highest BCUT2D eigenvalue weighted by molar-refractivity contribution is 5.83. The predicted molar refractivity (Wildman–Crippen MR) is 100 cm³/mol. The number of amides is 1. The Bertz CT molecular complexity index is 973. The molecule has 2 heterocycles. The summed E-state index contributed by atoms with van der Waals surface area (Å²) in [5, 5.41) is 0. The smallest absolute Gasteiger partial charge is 0.326 e. The second-order valence-corrected chi connectivity index (χ2v) is 8.49. The minimum absolute atomic E-state index is 0.0248. The van der Waals surface area contributed by atoms with Crippen molar-refractivity contribution < 1.29 is 14.3 Å². The fraction of sp³-hybridized carbons (Fsp3) is 0.550. The van der Waals surface area contributed by atoms with Crippen LogP contribution in [0, 0.1) is 16.7 Å². The minimum atomic E-state index is -0.564. The van der Waals surface area contributed by atoms with Gasteiger partial charge in [-0.15, -0.1) is 0 Å². The molecule has 1 saturated carbocycles. The molecule has 144 valence electrons. The van der Waals surface area contributed by atoms with Crippen LogP contribution < -0.4 is 5.69 Å². The molecular formula is C20H25N3O4. The van der Waals surface area contributed by atoms with Crippen molar-refractivity contribution in [1.29, 1.82) is 0 Å². The van der Waals surface area contributed by atoms with Crippen LogP contribution in [0.1, 0.15) is 26.7 Å². The number of nitrogens with zero attached hydrogens (tertiary/aromatic N) is 2. The van der Waals surface area contributed by atoms with Crippen LogP contribution in [0.3, 0.4) is 0 Å². The first-order valence-corrected chi connectivity index (χ1v) is 9.32. The van der Waals surface area contributed by atoms with Gasteiger partial charge in [-0.3, -0.25) is 14.2 Å². The molecule has 1 aromatic heterocycles.